The summed E-state index contributed by atoms with van der Waals surface area (Å²) in [6.07, 6.45) is 0. The van der Waals surface area contributed by atoms with Crippen LogP contribution >= 0.6 is 38.9 Å². The Hall–Kier alpha value is -0.580. The molecule has 2 rings (SSSR count). The molecule has 0 unspecified atom stereocenters. The molecular weight excluding hydrogens is 325 g/mol. The molecule has 0 saturated carbocycles. The Bertz CT molecular complexity index is 541. The van der Waals surface area contributed by atoms with Gasteiger partial charge in [-0.3, -0.25) is 0 Å². The van der Waals surface area contributed by atoms with Crippen LogP contribution in [0.2, 0.25) is 4.34 Å². The highest BCUT2D eigenvalue weighted by atomic mass is 79.9. The van der Waals surface area contributed by atoms with E-state index in [1.807, 2.05) is 19.1 Å². The van der Waals surface area contributed by atoms with E-state index in [0.29, 0.717) is 11.0 Å². The summed E-state index contributed by atoms with van der Waals surface area (Å²) in [7, 11) is 0. The van der Waals surface area contributed by atoms with Crippen LogP contribution in [0.1, 0.15) is 10.4 Å². The van der Waals surface area contributed by atoms with Crippen molar-refractivity contribution in [2.75, 3.05) is 5.32 Å². The third kappa shape index (κ3) is 3.21. The minimum Gasteiger partial charge on any atom is -0.380 e. The van der Waals surface area contributed by atoms with Crippen molar-refractivity contribution in [3.05, 3.63) is 49.3 Å². The van der Waals surface area contributed by atoms with E-state index >= 15 is 0 Å². The molecule has 1 N–H and O–H groups in total. The number of aryl methyl sites for hydroxylation is 1. The van der Waals surface area contributed by atoms with Crippen LogP contribution in [-0.4, -0.2) is 0 Å². The maximum atomic E-state index is 13.2. The fourth-order valence-corrected chi connectivity index (χ4v) is 2.84. The van der Waals surface area contributed by atoms with Crippen molar-refractivity contribution in [3.63, 3.8) is 0 Å². The minimum atomic E-state index is -0.243. The number of nitrogens with one attached hydrogen (secondary N) is 1. The predicted octanol–water partition coefficient (Wildman–Crippen LogP) is 5.22. The second-order valence-electron chi connectivity index (χ2n) is 3.64. The summed E-state index contributed by atoms with van der Waals surface area (Å²) in [5.41, 5.74) is 1.80. The summed E-state index contributed by atoms with van der Waals surface area (Å²) in [5, 5.41) is 3.27. The van der Waals surface area contributed by atoms with Crippen LogP contribution in [0.3, 0.4) is 0 Å². The third-order valence-electron chi connectivity index (χ3n) is 2.35. The molecule has 0 aliphatic carbocycles. The van der Waals surface area contributed by atoms with E-state index < -0.39 is 0 Å². The molecule has 1 aromatic heterocycles. The van der Waals surface area contributed by atoms with Gasteiger partial charge in [0, 0.05) is 17.1 Å². The maximum absolute atomic E-state index is 13.2. The standard InChI is InChI=1S/C12H10BrClFNS/c1-7-4-10(15)9(13)5-11(7)16-6-8-2-3-12(14)17-8/h2-5,16H,6H2,1H3. The first kappa shape index (κ1) is 12.9. The van der Waals surface area contributed by atoms with Crippen molar-refractivity contribution in [3.8, 4) is 0 Å². The van der Waals surface area contributed by atoms with E-state index in [9.17, 15) is 4.39 Å². The lowest BCUT2D eigenvalue weighted by Gasteiger charge is -2.09. The van der Waals surface area contributed by atoms with Crippen LogP contribution in [0.15, 0.2) is 28.7 Å². The average Bonchev–Trinajstić information content (AvgIpc) is 2.68. The van der Waals surface area contributed by atoms with Gasteiger partial charge < -0.3 is 5.32 Å². The molecule has 1 aromatic carbocycles. The monoisotopic (exact) mass is 333 g/mol. The smallest absolute Gasteiger partial charge is 0.137 e. The van der Waals surface area contributed by atoms with Crippen LogP contribution in [-0.2, 0) is 6.54 Å². The zero-order valence-electron chi connectivity index (χ0n) is 9.06. The van der Waals surface area contributed by atoms with Gasteiger partial charge in [0.15, 0.2) is 0 Å². The number of thiophene rings is 1. The molecule has 0 saturated heterocycles. The summed E-state index contributed by atoms with van der Waals surface area (Å²) in [5.74, 6) is -0.243. The summed E-state index contributed by atoms with van der Waals surface area (Å²) in [4.78, 5) is 1.15. The van der Waals surface area contributed by atoms with Gasteiger partial charge in [0.2, 0.25) is 0 Å². The molecule has 0 spiro atoms. The lowest BCUT2D eigenvalue weighted by molar-refractivity contribution is 0.620. The van der Waals surface area contributed by atoms with Gasteiger partial charge in [0.1, 0.15) is 5.82 Å². The summed E-state index contributed by atoms with van der Waals surface area (Å²) >= 11 is 10.6. The van der Waals surface area contributed by atoms with Crippen molar-refractivity contribution in [2.45, 2.75) is 13.5 Å². The fraction of sp³-hybridized carbons (Fsp3) is 0.167. The van der Waals surface area contributed by atoms with E-state index in [-0.39, 0.29) is 5.82 Å². The third-order valence-corrected chi connectivity index (χ3v) is 4.19. The zero-order chi connectivity index (χ0) is 12.4. The molecule has 5 heteroatoms. The largest absolute Gasteiger partial charge is 0.380 e. The Morgan fingerprint density at radius 1 is 1.41 bits per heavy atom. The molecule has 0 aliphatic rings. The van der Waals surface area contributed by atoms with Gasteiger partial charge in [0.05, 0.1) is 8.81 Å². The van der Waals surface area contributed by atoms with Crippen LogP contribution in [0.25, 0.3) is 0 Å². The maximum Gasteiger partial charge on any atom is 0.137 e. The SMILES string of the molecule is Cc1cc(F)c(Br)cc1NCc1ccc(Cl)s1. The molecule has 90 valence electrons. The van der Waals surface area contributed by atoms with Crippen molar-refractivity contribution < 1.29 is 4.39 Å². The first-order valence-corrected chi connectivity index (χ1v) is 6.99. The van der Waals surface area contributed by atoms with Gasteiger partial charge in [-0.15, -0.1) is 11.3 Å². The summed E-state index contributed by atoms with van der Waals surface area (Å²) in [6.45, 7) is 2.57. The van der Waals surface area contributed by atoms with E-state index in [1.54, 1.807) is 6.07 Å². The van der Waals surface area contributed by atoms with Crippen molar-refractivity contribution in [1.29, 1.82) is 0 Å². The minimum absolute atomic E-state index is 0.243. The Morgan fingerprint density at radius 3 is 2.82 bits per heavy atom. The number of benzene rings is 1. The number of hydrogen-bond acceptors (Lipinski definition) is 2. The van der Waals surface area contributed by atoms with Crippen LogP contribution in [0, 0.1) is 12.7 Å². The summed E-state index contributed by atoms with van der Waals surface area (Å²) in [6, 6.07) is 7.11. The van der Waals surface area contributed by atoms with Crippen LogP contribution < -0.4 is 5.32 Å². The lowest BCUT2D eigenvalue weighted by Crippen LogP contribution is -2.00. The molecule has 0 atom stereocenters. The van der Waals surface area contributed by atoms with Gasteiger partial charge >= 0.3 is 0 Å². The highest BCUT2D eigenvalue weighted by molar-refractivity contribution is 9.10. The van der Waals surface area contributed by atoms with Crippen molar-refractivity contribution in [1.82, 2.24) is 0 Å². The molecule has 0 amide bonds. The molecule has 1 heterocycles. The van der Waals surface area contributed by atoms with E-state index in [1.165, 1.54) is 17.4 Å². The average molecular weight is 335 g/mol. The molecule has 0 fully saturated rings. The molecule has 1 nitrogen and oxygen atoms in total. The van der Waals surface area contributed by atoms with E-state index in [0.717, 1.165) is 20.5 Å². The van der Waals surface area contributed by atoms with Crippen LogP contribution in [0.5, 0.6) is 0 Å². The van der Waals surface area contributed by atoms with E-state index in [4.69, 9.17) is 11.6 Å². The number of anilines is 1. The van der Waals surface area contributed by atoms with Crippen molar-refractivity contribution >= 4 is 44.6 Å². The normalized spacial score (nSPS) is 10.6. The highest BCUT2D eigenvalue weighted by Crippen LogP contribution is 2.26. The second-order valence-corrected chi connectivity index (χ2v) is 6.29. The Kier molecular flexibility index (Phi) is 4.07. The zero-order valence-corrected chi connectivity index (χ0v) is 12.2. The molecule has 2 aromatic rings. The van der Waals surface area contributed by atoms with Crippen molar-refractivity contribution in [2.24, 2.45) is 0 Å². The Labute approximate surface area is 117 Å². The van der Waals surface area contributed by atoms with Gasteiger partial charge in [-0.2, -0.15) is 0 Å². The topological polar surface area (TPSA) is 12.0 Å². The van der Waals surface area contributed by atoms with Gasteiger partial charge in [-0.05, 0) is 52.7 Å². The first-order valence-electron chi connectivity index (χ1n) is 5.00. The molecule has 0 bridgehead atoms. The number of rotatable bonds is 3. The van der Waals surface area contributed by atoms with Gasteiger partial charge in [0.25, 0.3) is 0 Å². The number of halogens is 3. The lowest BCUT2D eigenvalue weighted by atomic mass is 10.2. The van der Waals surface area contributed by atoms with Gasteiger partial charge in [-0.25, -0.2) is 4.39 Å². The van der Waals surface area contributed by atoms with E-state index in [2.05, 4.69) is 21.2 Å². The molecule has 17 heavy (non-hydrogen) atoms. The first-order chi connectivity index (χ1) is 8.06. The second kappa shape index (κ2) is 5.38. The number of hydrogen-bond donors (Lipinski definition) is 1. The van der Waals surface area contributed by atoms with Crippen LogP contribution in [0.4, 0.5) is 10.1 Å². The Morgan fingerprint density at radius 2 is 2.18 bits per heavy atom. The predicted molar refractivity (Wildman–Crippen MR) is 75.5 cm³/mol. The molecule has 0 aliphatic heterocycles. The quantitative estimate of drug-likeness (QED) is 0.811. The molecule has 0 radical (unpaired) electrons. The van der Waals surface area contributed by atoms with Gasteiger partial charge in [-0.1, -0.05) is 11.6 Å². The Balaban J connectivity index is 2.11. The highest BCUT2D eigenvalue weighted by Gasteiger charge is 2.05. The fourth-order valence-electron chi connectivity index (χ4n) is 1.47. The molecular formula is C12H10BrClFNS. The summed E-state index contributed by atoms with van der Waals surface area (Å²) < 4.78 is 14.5.